The monoisotopic (exact) mass is 361 g/mol. The van der Waals surface area contributed by atoms with Crippen molar-refractivity contribution >= 4 is 19.2 Å². The lowest BCUT2D eigenvalue weighted by atomic mass is 10.0. The normalized spacial score (nSPS) is 13.4. The average Bonchev–Trinajstić information content (AvgIpc) is 2.99. The van der Waals surface area contributed by atoms with E-state index in [1.807, 2.05) is 18.2 Å². The molecule has 6 nitrogen and oxygen atoms in total. The molecule has 0 fully saturated rings. The number of phenolic OH excluding ortho intramolecular Hbond substituents is 1. The molecule has 1 aliphatic heterocycles. The number of rotatable bonds is 7. The van der Waals surface area contributed by atoms with Gasteiger partial charge in [0.15, 0.2) is 0 Å². The van der Waals surface area contributed by atoms with E-state index in [1.54, 1.807) is 38.1 Å². The molecule has 1 N–H and O–H groups in total. The topological polar surface area (TPSA) is 77.4 Å². The molecule has 2 aromatic carbocycles. The van der Waals surface area contributed by atoms with Crippen LogP contribution in [0.25, 0.3) is 0 Å². The summed E-state index contributed by atoms with van der Waals surface area (Å²) in [5.74, 6) is 0.609. The van der Waals surface area contributed by atoms with Crippen LogP contribution < -0.4 is 4.52 Å². The SMILES string of the molecule is CCOP(=O)(OCC)Oc1ccc(C2=Nc3cc(O)ccc3C2)cc1. The van der Waals surface area contributed by atoms with Gasteiger partial charge in [0.1, 0.15) is 11.5 Å². The van der Waals surface area contributed by atoms with E-state index in [-0.39, 0.29) is 19.0 Å². The molecule has 7 heteroatoms. The minimum Gasteiger partial charge on any atom is -0.508 e. The van der Waals surface area contributed by atoms with Gasteiger partial charge in [0.05, 0.1) is 24.6 Å². The largest absolute Gasteiger partial charge is 0.530 e. The number of phosphoric ester groups is 1. The van der Waals surface area contributed by atoms with Gasteiger partial charge in [0.2, 0.25) is 0 Å². The Bertz CT molecular complexity index is 822. The first kappa shape index (κ1) is 17.7. The van der Waals surface area contributed by atoms with Crippen LogP contribution in [0.4, 0.5) is 5.69 Å². The molecule has 0 radical (unpaired) electrons. The van der Waals surface area contributed by atoms with Gasteiger partial charge in [-0.3, -0.25) is 14.0 Å². The molecule has 0 saturated heterocycles. The van der Waals surface area contributed by atoms with Crippen LogP contribution in [0, 0.1) is 0 Å². The lowest BCUT2D eigenvalue weighted by molar-refractivity contribution is 0.167. The number of phosphoric acid groups is 1. The molecule has 0 saturated carbocycles. The summed E-state index contributed by atoms with van der Waals surface area (Å²) in [4.78, 5) is 4.56. The van der Waals surface area contributed by atoms with Gasteiger partial charge in [0.25, 0.3) is 0 Å². The van der Waals surface area contributed by atoms with E-state index >= 15 is 0 Å². The van der Waals surface area contributed by atoms with Crippen LogP contribution in [0.3, 0.4) is 0 Å². The summed E-state index contributed by atoms with van der Waals surface area (Å²) in [6.45, 7) is 3.92. The van der Waals surface area contributed by atoms with E-state index < -0.39 is 7.82 Å². The lowest BCUT2D eigenvalue weighted by Crippen LogP contribution is -2.03. The Hall–Kier alpha value is -2.14. The summed E-state index contributed by atoms with van der Waals surface area (Å²) in [5, 5.41) is 9.55. The van der Waals surface area contributed by atoms with E-state index in [9.17, 15) is 9.67 Å². The van der Waals surface area contributed by atoms with Gasteiger partial charge < -0.3 is 9.63 Å². The van der Waals surface area contributed by atoms with Crippen molar-refractivity contribution in [2.45, 2.75) is 20.3 Å². The zero-order valence-corrected chi connectivity index (χ0v) is 15.0. The van der Waals surface area contributed by atoms with Crippen molar-refractivity contribution in [2.75, 3.05) is 13.2 Å². The highest BCUT2D eigenvalue weighted by atomic mass is 31.2. The molecule has 0 atom stereocenters. The summed E-state index contributed by atoms with van der Waals surface area (Å²) in [6.07, 6.45) is 0.701. The van der Waals surface area contributed by atoms with Gasteiger partial charge in [-0.1, -0.05) is 6.07 Å². The Morgan fingerprint density at radius 3 is 2.40 bits per heavy atom. The second-order valence-electron chi connectivity index (χ2n) is 5.45. The Labute approximate surface area is 146 Å². The summed E-state index contributed by atoms with van der Waals surface area (Å²) in [5.41, 5.74) is 3.70. The second-order valence-corrected chi connectivity index (χ2v) is 7.04. The number of phenols is 1. The van der Waals surface area contributed by atoms with Gasteiger partial charge in [-0.25, -0.2) is 4.57 Å². The van der Waals surface area contributed by atoms with Gasteiger partial charge in [-0.05, 0) is 55.3 Å². The van der Waals surface area contributed by atoms with Crippen LogP contribution in [-0.2, 0) is 20.0 Å². The lowest BCUT2D eigenvalue weighted by Gasteiger charge is -2.17. The fourth-order valence-corrected chi connectivity index (χ4v) is 3.77. The highest BCUT2D eigenvalue weighted by Crippen LogP contribution is 2.49. The quantitative estimate of drug-likeness (QED) is 0.728. The van der Waals surface area contributed by atoms with Crippen molar-refractivity contribution in [2.24, 2.45) is 4.99 Å². The van der Waals surface area contributed by atoms with Crippen LogP contribution in [-0.4, -0.2) is 24.0 Å². The molecule has 0 aromatic heterocycles. The van der Waals surface area contributed by atoms with Crippen molar-refractivity contribution in [3.8, 4) is 11.5 Å². The van der Waals surface area contributed by atoms with Gasteiger partial charge in [-0.15, -0.1) is 0 Å². The van der Waals surface area contributed by atoms with Crippen molar-refractivity contribution in [3.63, 3.8) is 0 Å². The summed E-state index contributed by atoms with van der Waals surface area (Å²) in [7, 11) is -3.59. The van der Waals surface area contributed by atoms with E-state index in [2.05, 4.69) is 4.99 Å². The molecule has 0 bridgehead atoms. The molecule has 0 aliphatic carbocycles. The van der Waals surface area contributed by atoms with Crippen molar-refractivity contribution in [1.82, 2.24) is 0 Å². The number of hydrogen-bond donors (Lipinski definition) is 1. The van der Waals surface area contributed by atoms with Crippen molar-refractivity contribution < 1.29 is 23.2 Å². The first-order valence-electron chi connectivity index (χ1n) is 8.11. The molecule has 0 unspecified atom stereocenters. The Balaban J connectivity index is 1.75. The number of fused-ring (bicyclic) bond motifs is 1. The van der Waals surface area contributed by atoms with E-state index in [0.29, 0.717) is 12.2 Å². The maximum Gasteiger partial charge on any atom is 0.530 e. The molecule has 132 valence electrons. The van der Waals surface area contributed by atoms with Crippen molar-refractivity contribution in [1.29, 1.82) is 0 Å². The van der Waals surface area contributed by atoms with Gasteiger partial charge in [0, 0.05) is 12.5 Å². The number of benzene rings is 2. The van der Waals surface area contributed by atoms with Crippen molar-refractivity contribution in [3.05, 3.63) is 53.6 Å². The molecule has 0 spiro atoms. The van der Waals surface area contributed by atoms with Gasteiger partial charge >= 0.3 is 7.82 Å². The van der Waals surface area contributed by atoms with E-state index in [4.69, 9.17) is 13.6 Å². The molecular formula is C18H20NO5P. The highest BCUT2D eigenvalue weighted by Gasteiger charge is 2.27. The number of hydrogen-bond acceptors (Lipinski definition) is 6. The third-order valence-electron chi connectivity index (χ3n) is 3.66. The van der Waals surface area contributed by atoms with E-state index in [0.717, 1.165) is 22.5 Å². The molecular weight excluding hydrogens is 341 g/mol. The minimum atomic E-state index is -3.59. The van der Waals surface area contributed by atoms with Crippen LogP contribution in [0.2, 0.25) is 0 Å². The number of nitrogens with zero attached hydrogens (tertiary/aromatic N) is 1. The Kier molecular flexibility index (Phi) is 5.23. The smallest absolute Gasteiger partial charge is 0.508 e. The molecule has 3 rings (SSSR count). The van der Waals surface area contributed by atoms with E-state index in [1.165, 1.54) is 0 Å². The average molecular weight is 361 g/mol. The number of aromatic hydroxyl groups is 1. The zero-order valence-electron chi connectivity index (χ0n) is 14.1. The molecule has 25 heavy (non-hydrogen) atoms. The first-order chi connectivity index (χ1) is 12.0. The van der Waals surface area contributed by atoms with Crippen LogP contribution in [0.5, 0.6) is 11.5 Å². The van der Waals surface area contributed by atoms with Gasteiger partial charge in [-0.2, -0.15) is 0 Å². The molecule has 1 aliphatic rings. The van der Waals surface area contributed by atoms with Crippen LogP contribution in [0.1, 0.15) is 25.0 Å². The third-order valence-corrected chi connectivity index (χ3v) is 5.24. The second kappa shape index (κ2) is 7.40. The fraction of sp³-hybridized carbons (Fsp3) is 0.278. The first-order valence-corrected chi connectivity index (χ1v) is 9.57. The summed E-state index contributed by atoms with van der Waals surface area (Å²) < 4.78 is 28.0. The third kappa shape index (κ3) is 4.10. The zero-order chi connectivity index (χ0) is 17.9. The maximum atomic E-state index is 12.4. The van der Waals surface area contributed by atoms with Crippen LogP contribution >= 0.6 is 7.82 Å². The summed E-state index contributed by atoms with van der Waals surface area (Å²) in [6, 6.07) is 12.3. The molecule has 0 amide bonds. The molecule has 1 heterocycles. The Morgan fingerprint density at radius 2 is 1.76 bits per heavy atom. The summed E-state index contributed by atoms with van der Waals surface area (Å²) >= 11 is 0. The highest BCUT2D eigenvalue weighted by molar-refractivity contribution is 7.48. The predicted molar refractivity (Wildman–Crippen MR) is 95.9 cm³/mol. The fourth-order valence-electron chi connectivity index (χ4n) is 2.58. The van der Waals surface area contributed by atoms with Crippen LogP contribution in [0.15, 0.2) is 47.5 Å². The standard InChI is InChI=1S/C18H20NO5P/c1-3-22-25(21,23-4-2)24-16-9-6-13(7-10-16)17-11-14-5-8-15(20)12-18(14)19-17/h5-10,12,20H,3-4,11H2,1-2H3. The Morgan fingerprint density at radius 1 is 1.08 bits per heavy atom. The minimum absolute atomic E-state index is 0.204. The number of aliphatic imine (C=N–C) groups is 1. The molecule has 2 aromatic rings. The predicted octanol–water partition coefficient (Wildman–Crippen LogP) is 4.63. The maximum absolute atomic E-state index is 12.4.